The molecule has 1 aromatic carbocycles. The molecule has 0 atom stereocenters. The number of aromatic nitrogens is 1. The highest BCUT2D eigenvalue weighted by atomic mass is 35.5. The molecule has 0 aliphatic carbocycles. The molecular weight excluding hydrogens is 290 g/mol. The Labute approximate surface area is 128 Å². The summed E-state index contributed by atoms with van der Waals surface area (Å²) < 4.78 is 0. The molecule has 0 bridgehead atoms. The van der Waals surface area contributed by atoms with Gasteiger partial charge in [-0.05, 0) is 17.0 Å². The third-order valence-electron chi connectivity index (χ3n) is 3.11. The van der Waals surface area contributed by atoms with Gasteiger partial charge in [0.1, 0.15) is 11.0 Å². The molecule has 0 saturated heterocycles. The number of rotatable bonds is 5. The number of benzene rings is 1. The van der Waals surface area contributed by atoms with Crippen LogP contribution in [0.1, 0.15) is 30.9 Å². The Hall–Kier alpha value is -2.14. The summed E-state index contributed by atoms with van der Waals surface area (Å²) in [5, 5.41) is 13.9. The molecule has 2 rings (SSSR count). The van der Waals surface area contributed by atoms with Gasteiger partial charge >= 0.3 is 0 Å². The van der Waals surface area contributed by atoms with E-state index in [2.05, 4.69) is 36.3 Å². The highest BCUT2D eigenvalue weighted by molar-refractivity contribution is 6.29. The molecule has 0 amide bonds. The number of hydrogen-bond acceptors (Lipinski definition) is 4. The second-order valence-electron chi connectivity index (χ2n) is 5.04. The Morgan fingerprint density at radius 3 is 2.52 bits per heavy atom. The molecule has 0 spiro atoms. The average Bonchev–Trinajstić information content (AvgIpc) is 2.45. The molecule has 5 nitrogen and oxygen atoms in total. The SMILES string of the molecule is CC(C)c1ccc(CNc2cc([N+](=O)[O-])cc(Cl)n2)cc1. The maximum Gasteiger partial charge on any atom is 0.276 e. The minimum absolute atomic E-state index is 0.0762. The normalized spacial score (nSPS) is 10.7. The molecule has 6 heteroatoms. The molecule has 110 valence electrons. The predicted octanol–water partition coefficient (Wildman–Crippen LogP) is 4.38. The number of pyridine rings is 1. The summed E-state index contributed by atoms with van der Waals surface area (Å²) in [5.74, 6) is 0.881. The van der Waals surface area contributed by atoms with E-state index in [1.807, 2.05) is 12.1 Å². The summed E-state index contributed by atoms with van der Waals surface area (Å²) in [6, 6.07) is 10.8. The van der Waals surface area contributed by atoms with Crippen molar-refractivity contribution in [3.05, 3.63) is 62.8 Å². The number of nitrogens with one attached hydrogen (secondary N) is 1. The van der Waals surface area contributed by atoms with Gasteiger partial charge in [-0.25, -0.2) is 4.98 Å². The Bertz CT molecular complexity index is 642. The topological polar surface area (TPSA) is 68.1 Å². The number of nitrogens with zero attached hydrogens (tertiary/aromatic N) is 2. The molecule has 0 radical (unpaired) electrons. The van der Waals surface area contributed by atoms with E-state index in [1.165, 1.54) is 17.7 Å². The van der Waals surface area contributed by atoms with Crippen LogP contribution in [-0.2, 0) is 6.54 Å². The summed E-state index contributed by atoms with van der Waals surface area (Å²) in [6.07, 6.45) is 0. The van der Waals surface area contributed by atoms with Gasteiger partial charge in [0.15, 0.2) is 0 Å². The zero-order valence-corrected chi connectivity index (χ0v) is 12.6. The number of halogens is 1. The summed E-state index contributed by atoms with van der Waals surface area (Å²) in [6.45, 7) is 4.81. The van der Waals surface area contributed by atoms with Crippen molar-refractivity contribution in [2.24, 2.45) is 0 Å². The second-order valence-corrected chi connectivity index (χ2v) is 5.43. The lowest BCUT2D eigenvalue weighted by molar-refractivity contribution is -0.384. The number of nitro groups is 1. The van der Waals surface area contributed by atoms with Crippen molar-refractivity contribution < 1.29 is 4.92 Å². The molecule has 0 aliphatic heterocycles. The van der Waals surface area contributed by atoms with Crippen molar-refractivity contribution in [1.29, 1.82) is 0 Å². The Morgan fingerprint density at radius 1 is 1.29 bits per heavy atom. The van der Waals surface area contributed by atoms with E-state index in [0.29, 0.717) is 18.3 Å². The molecule has 2 aromatic rings. The standard InChI is InChI=1S/C15H16ClN3O2/c1-10(2)12-5-3-11(4-6-12)9-17-15-8-13(19(20)21)7-14(16)18-15/h3-8,10H,9H2,1-2H3,(H,17,18). The van der Waals surface area contributed by atoms with E-state index in [9.17, 15) is 10.1 Å². The van der Waals surface area contributed by atoms with Gasteiger partial charge in [-0.15, -0.1) is 0 Å². The van der Waals surface area contributed by atoms with E-state index < -0.39 is 4.92 Å². The first kappa shape index (κ1) is 15.3. The molecule has 0 aliphatic rings. The highest BCUT2D eigenvalue weighted by Crippen LogP contribution is 2.21. The van der Waals surface area contributed by atoms with Gasteiger partial charge in [0, 0.05) is 6.54 Å². The zero-order chi connectivity index (χ0) is 15.4. The van der Waals surface area contributed by atoms with Gasteiger partial charge in [-0.1, -0.05) is 49.7 Å². The van der Waals surface area contributed by atoms with Crippen LogP contribution >= 0.6 is 11.6 Å². The van der Waals surface area contributed by atoms with Gasteiger partial charge in [0.25, 0.3) is 5.69 Å². The molecule has 0 saturated carbocycles. The summed E-state index contributed by atoms with van der Waals surface area (Å²) in [7, 11) is 0. The third kappa shape index (κ3) is 4.16. The number of hydrogen-bond donors (Lipinski definition) is 1. The third-order valence-corrected chi connectivity index (χ3v) is 3.30. The van der Waals surface area contributed by atoms with E-state index in [0.717, 1.165) is 5.56 Å². The zero-order valence-electron chi connectivity index (χ0n) is 11.8. The van der Waals surface area contributed by atoms with E-state index >= 15 is 0 Å². The average molecular weight is 306 g/mol. The van der Waals surface area contributed by atoms with Gasteiger partial charge in [-0.3, -0.25) is 10.1 Å². The van der Waals surface area contributed by atoms with Gasteiger partial charge in [-0.2, -0.15) is 0 Å². The van der Waals surface area contributed by atoms with Crippen molar-refractivity contribution in [3.63, 3.8) is 0 Å². The fourth-order valence-corrected chi connectivity index (χ4v) is 2.10. The predicted molar refractivity (Wildman–Crippen MR) is 83.8 cm³/mol. The molecule has 1 aromatic heterocycles. The van der Waals surface area contributed by atoms with Crippen LogP contribution in [0.4, 0.5) is 11.5 Å². The monoisotopic (exact) mass is 305 g/mol. The first-order valence-electron chi connectivity index (χ1n) is 6.60. The number of anilines is 1. The lowest BCUT2D eigenvalue weighted by Crippen LogP contribution is -2.02. The Morgan fingerprint density at radius 2 is 1.95 bits per heavy atom. The van der Waals surface area contributed by atoms with Crippen LogP contribution in [0.15, 0.2) is 36.4 Å². The first-order valence-corrected chi connectivity index (χ1v) is 6.98. The summed E-state index contributed by atoms with van der Waals surface area (Å²) in [5.41, 5.74) is 2.27. The largest absolute Gasteiger partial charge is 0.366 e. The second kappa shape index (κ2) is 6.54. The van der Waals surface area contributed by atoms with Gasteiger partial charge in [0.2, 0.25) is 0 Å². The minimum Gasteiger partial charge on any atom is -0.366 e. The fraction of sp³-hybridized carbons (Fsp3) is 0.267. The summed E-state index contributed by atoms with van der Waals surface area (Å²) >= 11 is 5.78. The smallest absolute Gasteiger partial charge is 0.276 e. The molecule has 1 N–H and O–H groups in total. The van der Waals surface area contributed by atoms with Gasteiger partial charge < -0.3 is 5.32 Å². The minimum atomic E-state index is -0.490. The molecule has 1 heterocycles. The van der Waals surface area contributed by atoms with Crippen LogP contribution in [-0.4, -0.2) is 9.91 Å². The van der Waals surface area contributed by atoms with Crippen molar-refractivity contribution in [2.75, 3.05) is 5.32 Å². The van der Waals surface area contributed by atoms with Crippen LogP contribution in [0.25, 0.3) is 0 Å². The van der Waals surface area contributed by atoms with Crippen molar-refractivity contribution >= 4 is 23.1 Å². The Kier molecular flexibility index (Phi) is 4.75. The molecule has 21 heavy (non-hydrogen) atoms. The van der Waals surface area contributed by atoms with E-state index in [4.69, 9.17) is 11.6 Å². The maximum absolute atomic E-state index is 10.8. The van der Waals surface area contributed by atoms with Crippen LogP contribution < -0.4 is 5.32 Å². The molecular formula is C15H16ClN3O2. The van der Waals surface area contributed by atoms with Crippen LogP contribution in [0.5, 0.6) is 0 Å². The van der Waals surface area contributed by atoms with Crippen molar-refractivity contribution in [3.8, 4) is 0 Å². The molecule has 0 fully saturated rings. The van der Waals surface area contributed by atoms with Gasteiger partial charge in [0.05, 0.1) is 17.1 Å². The van der Waals surface area contributed by atoms with Crippen LogP contribution in [0, 0.1) is 10.1 Å². The van der Waals surface area contributed by atoms with Crippen LogP contribution in [0.2, 0.25) is 5.15 Å². The lowest BCUT2D eigenvalue weighted by atomic mass is 10.0. The quantitative estimate of drug-likeness (QED) is 0.505. The maximum atomic E-state index is 10.8. The lowest BCUT2D eigenvalue weighted by Gasteiger charge is -2.08. The van der Waals surface area contributed by atoms with Crippen molar-refractivity contribution in [2.45, 2.75) is 26.3 Å². The Balaban J connectivity index is 2.07. The highest BCUT2D eigenvalue weighted by Gasteiger charge is 2.10. The van der Waals surface area contributed by atoms with E-state index in [1.54, 1.807) is 0 Å². The summed E-state index contributed by atoms with van der Waals surface area (Å²) in [4.78, 5) is 14.3. The first-order chi connectivity index (χ1) is 9.95. The van der Waals surface area contributed by atoms with Crippen LogP contribution in [0.3, 0.4) is 0 Å². The van der Waals surface area contributed by atoms with Crippen molar-refractivity contribution in [1.82, 2.24) is 4.98 Å². The van der Waals surface area contributed by atoms with E-state index in [-0.39, 0.29) is 10.8 Å². The fourth-order valence-electron chi connectivity index (χ4n) is 1.89. The molecule has 0 unspecified atom stereocenters.